The number of aliphatic hydroxyl groups excluding tert-OH is 1. The number of carbonyl (C=O) groups is 1. The number of anilines is 4. The number of benzene rings is 3. The molecule has 5 fully saturated rings. The molecule has 1 amide bonds. The van der Waals surface area contributed by atoms with Gasteiger partial charge in [-0.2, -0.15) is 4.98 Å². The molecule has 4 atom stereocenters. The van der Waals surface area contributed by atoms with Crippen molar-refractivity contribution in [3.05, 3.63) is 99.7 Å². The van der Waals surface area contributed by atoms with Crippen molar-refractivity contribution in [1.29, 1.82) is 0 Å². The van der Waals surface area contributed by atoms with Crippen LogP contribution in [0, 0.1) is 21.4 Å². The van der Waals surface area contributed by atoms with E-state index in [1.54, 1.807) is 12.3 Å². The minimum atomic E-state index is -4.70. The summed E-state index contributed by atoms with van der Waals surface area (Å²) >= 11 is 0. The number of fused-ring (bicyclic) bond motifs is 4. The van der Waals surface area contributed by atoms with Gasteiger partial charge in [-0.25, -0.2) is 13.1 Å². The number of pyridine rings is 1. The molecule has 1 spiro atoms. The summed E-state index contributed by atoms with van der Waals surface area (Å²) in [6.07, 6.45) is 10.7. The molecule has 0 unspecified atom stereocenters. The Balaban J connectivity index is 0.827. The van der Waals surface area contributed by atoms with Crippen LogP contribution >= 0.6 is 0 Å². The third-order valence-electron chi connectivity index (χ3n) is 16.9. The molecule has 18 heteroatoms. The molecule has 2 aromatic heterocycles. The Labute approximate surface area is 413 Å². The van der Waals surface area contributed by atoms with Crippen LogP contribution < -0.4 is 29.3 Å². The number of aromatic nitrogens is 2. The van der Waals surface area contributed by atoms with E-state index >= 15 is 0 Å². The number of aliphatic hydroxyl groups is 1. The molecule has 2 saturated carbocycles. The Morgan fingerprint density at radius 2 is 1.76 bits per heavy atom. The quantitative estimate of drug-likeness (QED) is 0.0768. The van der Waals surface area contributed by atoms with Crippen LogP contribution in [0.15, 0.2) is 77.8 Å². The zero-order valence-electron chi connectivity index (χ0n) is 40.2. The first-order chi connectivity index (χ1) is 34.3. The highest BCUT2D eigenvalue weighted by atomic mass is 32.2. The first kappa shape index (κ1) is 46.1. The number of piperidine rings is 1. The predicted octanol–water partition coefficient (Wildman–Crippen LogP) is 8.32. The van der Waals surface area contributed by atoms with E-state index in [0.29, 0.717) is 67.0 Å². The first-order valence-electron chi connectivity index (χ1n) is 25.5. The Morgan fingerprint density at radius 1 is 0.958 bits per heavy atom. The molecular formula is C53H62N8O9S. The molecule has 71 heavy (non-hydrogen) atoms. The number of sulfonamides is 1. The number of likely N-dealkylation sites (tertiary alicyclic amines) is 1. The van der Waals surface area contributed by atoms with Crippen LogP contribution in [0.4, 0.5) is 28.4 Å². The molecule has 5 aromatic rings. The summed E-state index contributed by atoms with van der Waals surface area (Å²) in [5, 5.41) is 26.7. The molecule has 3 aromatic carbocycles. The van der Waals surface area contributed by atoms with E-state index in [1.165, 1.54) is 42.9 Å². The topological polar surface area (TPSA) is 205 Å². The Kier molecular flexibility index (Phi) is 11.7. The van der Waals surface area contributed by atoms with Crippen LogP contribution in [0.1, 0.15) is 112 Å². The first-order valence-corrected chi connectivity index (χ1v) is 27.0. The number of nitrogens with zero attached hydrogens (tertiary/aromatic N) is 5. The number of aromatic amines is 1. The van der Waals surface area contributed by atoms with Gasteiger partial charge in [0.15, 0.2) is 11.4 Å². The van der Waals surface area contributed by atoms with Crippen molar-refractivity contribution in [1.82, 2.24) is 19.6 Å². The maximum absolute atomic E-state index is 14.7. The second-order valence-corrected chi connectivity index (χ2v) is 23.1. The number of nitro groups is 1. The van der Waals surface area contributed by atoms with Crippen molar-refractivity contribution in [3.63, 3.8) is 0 Å². The second-order valence-electron chi connectivity index (χ2n) is 21.4. The summed E-state index contributed by atoms with van der Waals surface area (Å²) in [6, 6.07) is 21.0. The number of ether oxygens (including phenoxy) is 3. The largest absolute Gasteiger partial charge is 0.489 e. The molecule has 4 N–H and O–H groups in total. The summed E-state index contributed by atoms with van der Waals surface area (Å²) in [4.78, 5) is 41.3. The van der Waals surface area contributed by atoms with Gasteiger partial charge in [0.1, 0.15) is 24.0 Å². The van der Waals surface area contributed by atoms with Crippen molar-refractivity contribution in [3.8, 4) is 11.6 Å². The number of nitrogens with one attached hydrogen (secondary N) is 3. The molecule has 0 radical (unpaired) electrons. The fourth-order valence-electron chi connectivity index (χ4n) is 13.1. The van der Waals surface area contributed by atoms with E-state index in [1.807, 2.05) is 29.2 Å². The lowest BCUT2D eigenvalue weighted by atomic mass is 9.59. The van der Waals surface area contributed by atoms with Gasteiger partial charge in [0.05, 0.1) is 52.5 Å². The summed E-state index contributed by atoms with van der Waals surface area (Å²) in [5.74, 6) is 0.0786. The van der Waals surface area contributed by atoms with Crippen molar-refractivity contribution < 1.29 is 37.5 Å². The number of nitro benzene ring substituents is 1. The van der Waals surface area contributed by atoms with Gasteiger partial charge >= 0.3 is 0 Å². The molecule has 0 bridgehead atoms. The maximum atomic E-state index is 14.7. The summed E-state index contributed by atoms with van der Waals surface area (Å²) < 4.78 is 49.4. The Morgan fingerprint density at radius 3 is 2.55 bits per heavy atom. The van der Waals surface area contributed by atoms with E-state index in [4.69, 9.17) is 19.2 Å². The van der Waals surface area contributed by atoms with E-state index in [2.05, 4.69) is 62.9 Å². The van der Waals surface area contributed by atoms with E-state index in [9.17, 15) is 28.4 Å². The lowest BCUT2D eigenvalue weighted by Crippen LogP contribution is -2.55. The second kappa shape index (κ2) is 18.0. The number of H-pyrrole nitrogens is 1. The molecule has 7 aliphatic rings. The average molecular weight is 987 g/mol. The highest BCUT2D eigenvalue weighted by Gasteiger charge is 2.50. The lowest BCUT2D eigenvalue weighted by Gasteiger charge is -2.56. The molecule has 17 nitrogen and oxygen atoms in total. The van der Waals surface area contributed by atoms with Gasteiger partial charge in [0, 0.05) is 54.6 Å². The monoisotopic (exact) mass is 986 g/mol. The van der Waals surface area contributed by atoms with Crippen molar-refractivity contribution in [2.45, 2.75) is 125 Å². The number of hydrogen-bond acceptors (Lipinski definition) is 14. The van der Waals surface area contributed by atoms with Crippen LogP contribution in [0.5, 0.6) is 11.6 Å². The van der Waals surface area contributed by atoms with E-state index in [-0.39, 0.29) is 53.1 Å². The fourth-order valence-corrected chi connectivity index (χ4v) is 14.1. The number of amides is 1. The van der Waals surface area contributed by atoms with Gasteiger partial charge in [-0.15, -0.1) is 0 Å². The molecular weight excluding hydrogens is 925 g/mol. The average Bonchev–Trinajstić information content (AvgIpc) is 4.16. The maximum Gasteiger partial charge on any atom is 0.297 e. The third-order valence-corrected chi connectivity index (χ3v) is 18.2. The smallest absolute Gasteiger partial charge is 0.297 e. The van der Waals surface area contributed by atoms with Crippen LogP contribution in [-0.4, -0.2) is 109 Å². The highest BCUT2D eigenvalue weighted by Crippen LogP contribution is 2.55. The summed E-state index contributed by atoms with van der Waals surface area (Å²) in [7, 11) is -4.70. The zero-order chi connectivity index (χ0) is 48.8. The van der Waals surface area contributed by atoms with Gasteiger partial charge in [0.25, 0.3) is 21.6 Å². The number of hydrogen-bond donors (Lipinski definition) is 4. The SMILES string of the molecule is CC(C)c1ccccc1[C@@H]1CCCN1C1CC2(CCN(c3ccc(C(=O)NS(=O)(=O)c4cc5c(c([N+](=O)[O-])c4)N[C@H](C4CCC(O)CC4)CO5)c(N4c5cc6cc[nH]c6nc5O[C@@H]5COC[C@H]54)c3)CC2)C1. The fraction of sp³-hybridized carbons (Fsp3) is 0.509. The van der Waals surface area contributed by atoms with Gasteiger partial charge in [-0.05, 0) is 129 Å². The zero-order valence-corrected chi connectivity index (χ0v) is 41.0. The molecule has 12 rings (SSSR count). The molecule has 2 aliphatic carbocycles. The molecule has 3 saturated heterocycles. The van der Waals surface area contributed by atoms with Crippen LogP contribution in [0.3, 0.4) is 0 Å². The number of rotatable bonds is 10. The lowest BCUT2D eigenvalue weighted by molar-refractivity contribution is -0.384. The minimum absolute atomic E-state index is 0.0123. The predicted molar refractivity (Wildman–Crippen MR) is 268 cm³/mol. The minimum Gasteiger partial charge on any atom is -0.489 e. The Hall–Kier alpha value is -5.95. The van der Waals surface area contributed by atoms with E-state index < -0.39 is 37.5 Å². The van der Waals surface area contributed by atoms with Gasteiger partial charge in [-0.1, -0.05) is 38.1 Å². The Bertz CT molecular complexity index is 2990. The number of carbonyl (C=O) groups excluding carboxylic acids is 1. The van der Waals surface area contributed by atoms with Crippen molar-refractivity contribution >= 4 is 55.4 Å². The van der Waals surface area contributed by atoms with Crippen LogP contribution in [0.25, 0.3) is 11.0 Å². The summed E-state index contributed by atoms with van der Waals surface area (Å²) in [5.41, 5.74) is 5.57. The standard InChI is InChI=1S/C53H62N8O9S/c1-31(2)38-6-3-4-7-39(38)42-8-5-19-59(42)35-26-53(27-35)16-20-58(21-17-53)34-11-14-40(43(23-34)60-45-22-33-15-18-54-50(33)56-52(45)70-48-30-68-29-46(48)60)51(63)57-71(66,67)37-24-44(61(64)65)49-47(25-37)69-28-41(55-49)32-9-12-36(62)13-10-32/h3-4,6-7,11,14-15,18,22-25,31-32,35-36,41-42,46,48,55,62H,5,8-10,12-13,16-17,19-21,26-30H2,1-2H3,(H,54,56)(H,57,63)/t32?,36?,41-,42-,46+,48+/m0/s1. The molecule has 5 aliphatic heterocycles. The van der Waals surface area contributed by atoms with Gasteiger partial charge in [0.2, 0.25) is 5.88 Å². The molecule has 374 valence electrons. The third kappa shape index (κ3) is 8.33. The summed E-state index contributed by atoms with van der Waals surface area (Å²) in [6.45, 7) is 8.17. The van der Waals surface area contributed by atoms with Gasteiger partial charge in [-0.3, -0.25) is 19.8 Å². The van der Waals surface area contributed by atoms with Gasteiger partial charge < -0.3 is 39.4 Å². The normalized spacial score (nSPS) is 26.3. The van der Waals surface area contributed by atoms with Crippen LogP contribution in [-0.2, 0) is 14.8 Å². The van der Waals surface area contributed by atoms with E-state index in [0.717, 1.165) is 62.5 Å². The van der Waals surface area contributed by atoms with Crippen LogP contribution in [0.2, 0.25) is 0 Å². The van der Waals surface area contributed by atoms with Crippen molar-refractivity contribution in [2.75, 3.05) is 54.6 Å². The molecule has 7 heterocycles. The van der Waals surface area contributed by atoms with Crippen molar-refractivity contribution in [2.24, 2.45) is 11.3 Å². The highest BCUT2D eigenvalue weighted by molar-refractivity contribution is 7.90.